The number of nitrogens with one attached hydrogen (secondary N) is 2. The van der Waals surface area contributed by atoms with E-state index < -0.39 is 0 Å². The Hall–Kier alpha value is -1.88. The van der Waals surface area contributed by atoms with Crippen LogP contribution in [0.1, 0.15) is 6.92 Å². The molecule has 0 unspecified atom stereocenters. The molecule has 0 aliphatic heterocycles. The van der Waals surface area contributed by atoms with E-state index in [0.717, 1.165) is 11.4 Å². The van der Waals surface area contributed by atoms with Gasteiger partial charge in [-0.1, -0.05) is 6.58 Å². The first-order valence-electron chi connectivity index (χ1n) is 4.95. The van der Waals surface area contributed by atoms with Gasteiger partial charge >= 0.3 is 0 Å². The molecule has 0 saturated heterocycles. The lowest BCUT2D eigenvalue weighted by molar-refractivity contribution is -0.116. The normalized spacial score (nSPS) is 9.29. The molecule has 0 spiro atoms. The van der Waals surface area contributed by atoms with Crippen LogP contribution in [0.4, 0.5) is 5.69 Å². The van der Waals surface area contributed by atoms with E-state index in [0.29, 0.717) is 5.57 Å². The quantitative estimate of drug-likeness (QED) is 0.637. The predicted molar refractivity (Wildman–Crippen MR) is 72.2 cm³/mol. The van der Waals surface area contributed by atoms with Gasteiger partial charge in [-0.25, -0.2) is 0 Å². The maximum atomic E-state index is 11.3. The average Bonchev–Trinajstić information content (AvgIpc) is 2.29. The third kappa shape index (κ3) is 4.24. The molecular weight excluding hydrogens is 236 g/mol. The third-order valence-electron chi connectivity index (χ3n) is 1.96. The van der Waals surface area contributed by atoms with E-state index in [1.165, 1.54) is 0 Å². The summed E-state index contributed by atoms with van der Waals surface area (Å²) >= 11 is 4.98. The number of rotatable bonds is 3. The number of thiocarbonyl (C=S) groups is 1. The van der Waals surface area contributed by atoms with Crippen molar-refractivity contribution >= 4 is 28.9 Å². The largest absolute Gasteiger partial charge is 0.497 e. The Labute approximate surface area is 106 Å². The summed E-state index contributed by atoms with van der Waals surface area (Å²) in [6.45, 7) is 5.14. The summed E-state index contributed by atoms with van der Waals surface area (Å²) in [5.74, 6) is 0.462. The van der Waals surface area contributed by atoms with Crippen LogP contribution in [0.2, 0.25) is 0 Å². The van der Waals surface area contributed by atoms with Crippen molar-refractivity contribution in [2.75, 3.05) is 12.4 Å². The number of hydrogen-bond acceptors (Lipinski definition) is 3. The number of benzene rings is 1. The molecule has 0 saturated carbocycles. The molecule has 0 atom stereocenters. The van der Waals surface area contributed by atoms with Crippen LogP contribution in [0.15, 0.2) is 36.4 Å². The van der Waals surface area contributed by atoms with E-state index in [1.807, 2.05) is 0 Å². The first-order valence-corrected chi connectivity index (χ1v) is 5.35. The molecule has 1 aromatic carbocycles. The number of amides is 1. The van der Waals surface area contributed by atoms with Crippen LogP contribution in [-0.2, 0) is 4.79 Å². The highest BCUT2D eigenvalue weighted by Gasteiger charge is 2.04. The number of anilines is 1. The molecule has 5 heteroatoms. The van der Waals surface area contributed by atoms with Crippen molar-refractivity contribution in [2.24, 2.45) is 0 Å². The van der Waals surface area contributed by atoms with E-state index >= 15 is 0 Å². The van der Waals surface area contributed by atoms with Gasteiger partial charge in [0.15, 0.2) is 5.11 Å². The number of carbonyl (C=O) groups is 1. The molecule has 0 fully saturated rings. The molecule has 0 radical (unpaired) electrons. The molecule has 0 bridgehead atoms. The highest BCUT2D eigenvalue weighted by molar-refractivity contribution is 7.80. The van der Waals surface area contributed by atoms with Gasteiger partial charge in [0.2, 0.25) is 0 Å². The average molecular weight is 250 g/mol. The van der Waals surface area contributed by atoms with E-state index in [2.05, 4.69) is 17.2 Å². The fourth-order valence-corrected chi connectivity index (χ4v) is 1.26. The van der Waals surface area contributed by atoms with Crippen LogP contribution in [-0.4, -0.2) is 18.1 Å². The monoisotopic (exact) mass is 250 g/mol. The highest BCUT2D eigenvalue weighted by Crippen LogP contribution is 2.14. The zero-order valence-corrected chi connectivity index (χ0v) is 10.6. The van der Waals surface area contributed by atoms with Crippen molar-refractivity contribution in [2.45, 2.75) is 6.92 Å². The maximum Gasteiger partial charge on any atom is 0.252 e. The lowest BCUT2D eigenvalue weighted by Gasteiger charge is -2.09. The van der Waals surface area contributed by atoms with Crippen molar-refractivity contribution in [3.8, 4) is 5.75 Å². The van der Waals surface area contributed by atoms with Gasteiger partial charge in [0.05, 0.1) is 7.11 Å². The molecule has 0 heterocycles. The first-order chi connectivity index (χ1) is 8.02. The number of hydrogen-bond donors (Lipinski definition) is 2. The Morgan fingerprint density at radius 1 is 1.35 bits per heavy atom. The van der Waals surface area contributed by atoms with Crippen molar-refractivity contribution < 1.29 is 9.53 Å². The van der Waals surface area contributed by atoms with Crippen LogP contribution >= 0.6 is 12.2 Å². The second-order valence-electron chi connectivity index (χ2n) is 3.42. The molecule has 2 N–H and O–H groups in total. The number of ether oxygens (including phenoxy) is 1. The minimum atomic E-state index is -0.295. The second-order valence-corrected chi connectivity index (χ2v) is 3.83. The maximum absolute atomic E-state index is 11.3. The number of carbonyl (C=O) groups excluding carboxylic acids is 1. The molecule has 4 nitrogen and oxygen atoms in total. The first kappa shape index (κ1) is 13.2. The molecule has 1 aromatic rings. The van der Waals surface area contributed by atoms with Crippen molar-refractivity contribution in [1.29, 1.82) is 0 Å². The van der Waals surface area contributed by atoms with Crippen LogP contribution in [0.3, 0.4) is 0 Å². The van der Waals surface area contributed by atoms with Crippen molar-refractivity contribution in [3.63, 3.8) is 0 Å². The van der Waals surface area contributed by atoms with Gasteiger partial charge in [0.25, 0.3) is 5.91 Å². The van der Waals surface area contributed by atoms with Gasteiger partial charge < -0.3 is 10.1 Å². The lowest BCUT2D eigenvalue weighted by Crippen LogP contribution is -2.34. The van der Waals surface area contributed by atoms with Crippen molar-refractivity contribution in [3.05, 3.63) is 36.4 Å². The summed E-state index contributed by atoms with van der Waals surface area (Å²) in [5.41, 5.74) is 1.18. The predicted octanol–water partition coefficient (Wildman–Crippen LogP) is 2.08. The third-order valence-corrected chi connectivity index (χ3v) is 2.17. The Bertz CT molecular complexity index is 440. The fourth-order valence-electron chi connectivity index (χ4n) is 1.05. The van der Waals surface area contributed by atoms with Crippen LogP contribution in [0, 0.1) is 0 Å². The van der Waals surface area contributed by atoms with Gasteiger partial charge in [0, 0.05) is 11.3 Å². The van der Waals surface area contributed by atoms with Crippen LogP contribution in [0.5, 0.6) is 5.75 Å². The number of methoxy groups -OCH3 is 1. The molecule has 0 aromatic heterocycles. The van der Waals surface area contributed by atoms with Gasteiger partial charge in [-0.15, -0.1) is 0 Å². The standard InChI is InChI=1S/C12H14N2O2S/c1-8(2)11(15)14-12(17)13-9-4-6-10(16-3)7-5-9/h4-7H,1H2,2-3H3,(H2,13,14,15,17). The second kappa shape index (κ2) is 6.00. The minimum absolute atomic E-state index is 0.239. The summed E-state index contributed by atoms with van der Waals surface area (Å²) in [4.78, 5) is 11.3. The smallest absolute Gasteiger partial charge is 0.252 e. The fraction of sp³-hybridized carbons (Fsp3) is 0.167. The molecule has 90 valence electrons. The minimum Gasteiger partial charge on any atom is -0.497 e. The lowest BCUT2D eigenvalue weighted by atomic mass is 10.3. The zero-order valence-electron chi connectivity index (χ0n) is 9.74. The summed E-state index contributed by atoms with van der Waals surface area (Å²) in [5, 5.41) is 5.63. The SMILES string of the molecule is C=C(C)C(=O)NC(=S)Nc1ccc(OC)cc1. The van der Waals surface area contributed by atoms with E-state index in [4.69, 9.17) is 17.0 Å². The summed E-state index contributed by atoms with van der Waals surface area (Å²) < 4.78 is 5.03. The van der Waals surface area contributed by atoms with Gasteiger partial charge in [-0.2, -0.15) is 0 Å². The van der Waals surface area contributed by atoms with E-state index in [-0.39, 0.29) is 11.0 Å². The van der Waals surface area contributed by atoms with E-state index in [1.54, 1.807) is 38.3 Å². The topological polar surface area (TPSA) is 50.4 Å². The Kier molecular flexibility index (Phi) is 4.66. The van der Waals surface area contributed by atoms with Crippen molar-refractivity contribution in [1.82, 2.24) is 5.32 Å². The summed E-state index contributed by atoms with van der Waals surface area (Å²) in [6, 6.07) is 7.20. The molecule has 1 amide bonds. The Balaban J connectivity index is 2.56. The highest BCUT2D eigenvalue weighted by atomic mass is 32.1. The molecular formula is C12H14N2O2S. The molecule has 0 aliphatic rings. The van der Waals surface area contributed by atoms with E-state index in [9.17, 15) is 4.79 Å². The van der Waals surface area contributed by atoms with Crippen LogP contribution < -0.4 is 15.4 Å². The van der Waals surface area contributed by atoms with Gasteiger partial charge in [0.1, 0.15) is 5.75 Å². The Morgan fingerprint density at radius 3 is 2.41 bits per heavy atom. The van der Waals surface area contributed by atoms with Gasteiger partial charge in [-0.3, -0.25) is 10.1 Å². The molecule has 17 heavy (non-hydrogen) atoms. The van der Waals surface area contributed by atoms with Gasteiger partial charge in [-0.05, 0) is 43.4 Å². The zero-order chi connectivity index (χ0) is 12.8. The molecule has 1 rings (SSSR count). The molecule has 0 aliphatic carbocycles. The summed E-state index contributed by atoms with van der Waals surface area (Å²) in [6.07, 6.45) is 0. The summed E-state index contributed by atoms with van der Waals surface area (Å²) in [7, 11) is 1.60. The Morgan fingerprint density at radius 2 is 1.94 bits per heavy atom. The van der Waals surface area contributed by atoms with Crippen LogP contribution in [0.25, 0.3) is 0 Å².